The molecule has 0 radical (unpaired) electrons. The van der Waals surface area contributed by atoms with Crippen LogP contribution in [-0.4, -0.2) is 18.0 Å². The molecule has 3 heteroatoms. The van der Waals surface area contributed by atoms with Gasteiger partial charge in [-0.25, -0.2) is 0 Å². The van der Waals surface area contributed by atoms with E-state index in [2.05, 4.69) is 63.3 Å². The topological polar surface area (TPSA) is 29.3 Å². The molecule has 0 amide bonds. The zero-order chi connectivity index (χ0) is 13.3. The van der Waals surface area contributed by atoms with E-state index in [-0.39, 0.29) is 5.54 Å². The number of nitrogens with two attached hydrogens (primary N) is 1. The number of benzene rings is 2. The molecular weight excluding hydrogens is 300 g/mol. The van der Waals surface area contributed by atoms with Gasteiger partial charge in [0, 0.05) is 24.1 Å². The lowest BCUT2D eigenvalue weighted by atomic mass is 9.83. The molecule has 0 bridgehead atoms. The maximum atomic E-state index is 6.50. The van der Waals surface area contributed by atoms with E-state index in [1.807, 2.05) is 12.1 Å². The summed E-state index contributed by atoms with van der Waals surface area (Å²) in [5.41, 5.74) is 8.84. The summed E-state index contributed by atoms with van der Waals surface area (Å²) < 4.78 is 1.11. The third-order valence-electron chi connectivity index (χ3n) is 3.67. The highest BCUT2D eigenvalue weighted by atomic mass is 79.9. The fourth-order valence-corrected chi connectivity index (χ4v) is 3.42. The van der Waals surface area contributed by atoms with Crippen molar-refractivity contribution in [1.82, 2.24) is 4.90 Å². The number of rotatable bonds is 3. The lowest BCUT2D eigenvalue weighted by molar-refractivity contribution is 0.0611. The first-order chi connectivity index (χ1) is 9.17. The minimum atomic E-state index is -0.213. The Balaban J connectivity index is 1.67. The standard InChI is InChI=1S/C16H17BrN2/c17-15-9-5-4-8-14(15)16(18)11-19(12-16)10-13-6-2-1-3-7-13/h1-9H,10-12,18H2. The van der Waals surface area contributed by atoms with Crippen LogP contribution in [0, 0.1) is 0 Å². The third kappa shape index (κ3) is 2.59. The summed E-state index contributed by atoms with van der Waals surface area (Å²) in [5, 5.41) is 0. The quantitative estimate of drug-likeness (QED) is 0.942. The first kappa shape index (κ1) is 12.9. The van der Waals surface area contributed by atoms with Crippen LogP contribution in [0.25, 0.3) is 0 Å². The van der Waals surface area contributed by atoms with Gasteiger partial charge in [-0.05, 0) is 17.2 Å². The molecule has 2 aromatic carbocycles. The van der Waals surface area contributed by atoms with Crippen LogP contribution >= 0.6 is 15.9 Å². The molecule has 1 aliphatic heterocycles. The molecule has 0 aliphatic carbocycles. The zero-order valence-corrected chi connectivity index (χ0v) is 12.3. The normalized spacial score (nSPS) is 18.0. The first-order valence-corrected chi connectivity index (χ1v) is 7.27. The van der Waals surface area contributed by atoms with Crippen LogP contribution in [0.15, 0.2) is 59.1 Å². The highest BCUT2D eigenvalue weighted by molar-refractivity contribution is 9.10. The van der Waals surface area contributed by atoms with Crippen molar-refractivity contribution in [2.45, 2.75) is 12.1 Å². The molecule has 1 fully saturated rings. The molecule has 2 aromatic rings. The lowest BCUT2D eigenvalue weighted by Gasteiger charge is -2.48. The second-order valence-electron chi connectivity index (χ2n) is 5.27. The zero-order valence-electron chi connectivity index (χ0n) is 10.7. The van der Waals surface area contributed by atoms with Gasteiger partial charge in [-0.2, -0.15) is 0 Å². The van der Waals surface area contributed by atoms with Crippen molar-refractivity contribution in [3.63, 3.8) is 0 Å². The minimum Gasteiger partial charge on any atom is -0.319 e. The summed E-state index contributed by atoms with van der Waals surface area (Å²) in [5.74, 6) is 0. The van der Waals surface area contributed by atoms with Gasteiger partial charge in [-0.3, -0.25) is 4.90 Å². The predicted octanol–water partition coefficient (Wildman–Crippen LogP) is 3.12. The molecule has 1 aliphatic rings. The Bertz CT molecular complexity index is 562. The van der Waals surface area contributed by atoms with E-state index < -0.39 is 0 Å². The van der Waals surface area contributed by atoms with Gasteiger partial charge in [-0.1, -0.05) is 64.5 Å². The maximum absolute atomic E-state index is 6.50. The fraction of sp³-hybridized carbons (Fsp3) is 0.250. The van der Waals surface area contributed by atoms with E-state index in [4.69, 9.17) is 5.73 Å². The Kier molecular flexibility index (Phi) is 3.44. The average molecular weight is 317 g/mol. The summed E-state index contributed by atoms with van der Waals surface area (Å²) in [4.78, 5) is 2.38. The number of likely N-dealkylation sites (tertiary alicyclic amines) is 1. The van der Waals surface area contributed by atoms with Crippen molar-refractivity contribution in [3.05, 3.63) is 70.2 Å². The summed E-state index contributed by atoms with van der Waals surface area (Å²) in [6.45, 7) is 2.79. The van der Waals surface area contributed by atoms with E-state index >= 15 is 0 Å². The third-order valence-corrected chi connectivity index (χ3v) is 4.36. The number of nitrogens with zero attached hydrogens (tertiary/aromatic N) is 1. The second-order valence-corrected chi connectivity index (χ2v) is 6.12. The van der Waals surface area contributed by atoms with Crippen LogP contribution < -0.4 is 5.73 Å². The molecule has 3 rings (SSSR count). The summed E-state index contributed by atoms with van der Waals surface area (Å²) in [6.07, 6.45) is 0. The van der Waals surface area contributed by atoms with Gasteiger partial charge in [-0.15, -0.1) is 0 Å². The Hall–Kier alpha value is -1.16. The molecule has 2 N–H and O–H groups in total. The number of hydrogen-bond acceptors (Lipinski definition) is 2. The molecule has 1 saturated heterocycles. The Morgan fingerprint density at radius 2 is 1.63 bits per heavy atom. The van der Waals surface area contributed by atoms with Crippen LogP contribution in [0.4, 0.5) is 0 Å². The van der Waals surface area contributed by atoms with Gasteiger partial charge >= 0.3 is 0 Å². The summed E-state index contributed by atoms with van der Waals surface area (Å²) >= 11 is 3.60. The van der Waals surface area contributed by atoms with Crippen LogP contribution in [0.3, 0.4) is 0 Å². The largest absolute Gasteiger partial charge is 0.319 e. The van der Waals surface area contributed by atoms with E-state index in [1.165, 1.54) is 11.1 Å². The van der Waals surface area contributed by atoms with E-state index in [1.54, 1.807) is 0 Å². The van der Waals surface area contributed by atoms with Gasteiger partial charge in [0.25, 0.3) is 0 Å². The lowest BCUT2D eigenvalue weighted by Crippen LogP contribution is -2.64. The van der Waals surface area contributed by atoms with Crippen LogP contribution in [0.1, 0.15) is 11.1 Å². The van der Waals surface area contributed by atoms with Gasteiger partial charge in [0.15, 0.2) is 0 Å². The Morgan fingerprint density at radius 3 is 2.32 bits per heavy atom. The molecule has 0 atom stereocenters. The van der Waals surface area contributed by atoms with Crippen molar-refractivity contribution < 1.29 is 0 Å². The molecule has 98 valence electrons. The van der Waals surface area contributed by atoms with Crippen molar-refractivity contribution in [1.29, 1.82) is 0 Å². The molecule has 19 heavy (non-hydrogen) atoms. The Labute approximate surface area is 122 Å². The van der Waals surface area contributed by atoms with Gasteiger partial charge < -0.3 is 5.73 Å². The van der Waals surface area contributed by atoms with Crippen LogP contribution in [-0.2, 0) is 12.1 Å². The molecule has 0 saturated carbocycles. The molecule has 2 nitrogen and oxygen atoms in total. The molecule has 0 unspecified atom stereocenters. The van der Waals surface area contributed by atoms with Gasteiger partial charge in [0.1, 0.15) is 0 Å². The smallest absolute Gasteiger partial charge is 0.0678 e. The number of halogens is 1. The summed E-state index contributed by atoms with van der Waals surface area (Å²) in [6, 6.07) is 18.8. The highest BCUT2D eigenvalue weighted by Crippen LogP contribution is 2.34. The Morgan fingerprint density at radius 1 is 1.00 bits per heavy atom. The predicted molar refractivity (Wildman–Crippen MR) is 81.7 cm³/mol. The minimum absolute atomic E-state index is 0.213. The van der Waals surface area contributed by atoms with Crippen molar-refractivity contribution in [2.24, 2.45) is 5.73 Å². The molecule has 0 aromatic heterocycles. The van der Waals surface area contributed by atoms with E-state index in [9.17, 15) is 0 Å². The molecule has 0 spiro atoms. The van der Waals surface area contributed by atoms with Crippen LogP contribution in [0.5, 0.6) is 0 Å². The fourth-order valence-electron chi connectivity index (χ4n) is 2.74. The molecule has 1 heterocycles. The second kappa shape index (κ2) is 5.08. The highest BCUT2D eigenvalue weighted by Gasteiger charge is 2.41. The van der Waals surface area contributed by atoms with Crippen LogP contribution in [0.2, 0.25) is 0 Å². The van der Waals surface area contributed by atoms with E-state index in [0.29, 0.717) is 0 Å². The number of hydrogen-bond donors (Lipinski definition) is 1. The maximum Gasteiger partial charge on any atom is 0.0678 e. The van der Waals surface area contributed by atoms with Gasteiger partial charge in [0.05, 0.1) is 5.54 Å². The average Bonchev–Trinajstić information content (AvgIpc) is 2.38. The van der Waals surface area contributed by atoms with Crippen molar-refractivity contribution >= 4 is 15.9 Å². The van der Waals surface area contributed by atoms with Crippen molar-refractivity contribution in [2.75, 3.05) is 13.1 Å². The SMILES string of the molecule is NC1(c2ccccc2Br)CN(Cc2ccccc2)C1. The monoisotopic (exact) mass is 316 g/mol. The summed E-state index contributed by atoms with van der Waals surface area (Å²) in [7, 11) is 0. The molecular formula is C16H17BrN2. The van der Waals surface area contributed by atoms with Gasteiger partial charge in [0.2, 0.25) is 0 Å². The first-order valence-electron chi connectivity index (χ1n) is 6.48. The van der Waals surface area contributed by atoms with E-state index in [0.717, 1.165) is 24.1 Å². The van der Waals surface area contributed by atoms with Crippen molar-refractivity contribution in [3.8, 4) is 0 Å².